The maximum absolute atomic E-state index is 9.46. The lowest BCUT2D eigenvalue weighted by molar-refractivity contribution is 0.471. The zero-order valence-electron chi connectivity index (χ0n) is 10.5. The average molecular weight is 385 g/mol. The molecule has 2 rings (SSSR count). The first-order valence-corrected chi connectivity index (χ1v) is 7.61. The second-order valence-corrected chi connectivity index (χ2v) is 6.12. The summed E-state index contributed by atoms with van der Waals surface area (Å²) in [4.78, 5) is 0. The van der Waals surface area contributed by atoms with E-state index < -0.39 is 0 Å². The minimum Gasteiger partial charge on any atom is -0.507 e. The molecule has 2 aromatic rings. The van der Waals surface area contributed by atoms with Crippen molar-refractivity contribution in [3.8, 4) is 5.75 Å². The maximum atomic E-state index is 9.46. The van der Waals surface area contributed by atoms with E-state index >= 15 is 0 Å². The predicted octanol–water partition coefficient (Wildman–Crippen LogP) is 4.77. The molecule has 0 spiro atoms. The SMILES string of the molecule is CC(NCc1ccc(O)c(Br)c1)c1ccccc1Br. The van der Waals surface area contributed by atoms with Gasteiger partial charge in [-0.2, -0.15) is 0 Å². The fourth-order valence-corrected chi connectivity index (χ4v) is 2.92. The van der Waals surface area contributed by atoms with Gasteiger partial charge in [0.25, 0.3) is 0 Å². The van der Waals surface area contributed by atoms with Gasteiger partial charge in [-0.25, -0.2) is 0 Å². The summed E-state index contributed by atoms with van der Waals surface area (Å²) in [6.45, 7) is 2.89. The summed E-state index contributed by atoms with van der Waals surface area (Å²) in [6.07, 6.45) is 0. The molecule has 0 saturated carbocycles. The molecule has 100 valence electrons. The predicted molar refractivity (Wildman–Crippen MR) is 85.2 cm³/mol. The van der Waals surface area contributed by atoms with Crippen molar-refractivity contribution in [2.75, 3.05) is 0 Å². The van der Waals surface area contributed by atoms with Crippen LogP contribution in [0.25, 0.3) is 0 Å². The van der Waals surface area contributed by atoms with Crippen LogP contribution in [-0.4, -0.2) is 5.11 Å². The highest BCUT2D eigenvalue weighted by Gasteiger charge is 2.08. The number of aromatic hydroxyl groups is 1. The fraction of sp³-hybridized carbons (Fsp3) is 0.200. The molecule has 0 aliphatic heterocycles. The van der Waals surface area contributed by atoms with Crippen molar-refractivity contribution >= 4 is 31.9 Å². The molecule has 0 aliphatic carbocycles. The van der Waals surface area contributed by atoms with Crippen molar-refractivity contribution in [2.45, 2.75) is 19.5 Å². The number of halogens is 2. The van der Waals surface area contributed by atoms with Gasteiger partial charge in [0.15, 0.2) is 0 Å². The van der Waals surface area contributed by atoms with Crippen molar-refractivity contribution in [1.29, 1.82) is 0 Å². The summed E-state index contributed by atoms with van der Waals surface area (Å²) in [5.74, 6) is 0.266. The van der Waals surface area contributed by atoms with Gasteiger partial charge in [0, 0.05) is 17.1 Å². The number of nitrogens with one attached hydrogen (secondary N) is 1. The van der Waals surface area contributed by atoms with E-state index in [4.69, 9.17) is 0 Å². The Bertz CT molecular complexity index is 572. The smallest absolute Gasteiger partial charge is 0.129 e. The van der Waals surface area contributed by atoms with Crippen LogP contribution in [0, 0.1) is 0 Å². The van der Waals surface area contributed by atoms with Crippen LogP contribution >= 0.6 is 31.9 Å². The standard InChI is InChI=1S/C15H15Br2NO/c1-10(12-4-2-3-5-13(12)16)18-9-11-6-7-15(19)14(17)8-11/h2-8,10,18-19H,9H2,1H3. The highest BCUT2D eigenvalue weighted by atomic mass is 79.9. The first kappa shape index (κ1) is 14.6. The van der Waals surface area contributed by atoms with Gasteiger partial charge < -0.3 is 10.4 Å². The molecule has 0 bridgehead atoms. The van der Waals surface area contributed by atoms with Crippen molar-refractivity contribution in [3.63, 3.8) is 0 Å². The Morgan fingerprint density at radius 2 is 1.84 bits per heavy atom. The Kier molecular flexibility index (Phi) is 5.02. The van der Waals surface area contributed by atoms with Gasteiger partial charge in [0.05, 0.1) is 4.47 Å². The van der Waals surface area contributed by atoms with E-state index in [-0.39, 0.29) is 11.8 Å². The summed E-state index contributed by atoms with van der Waals surface area (Å²) in [7, 11) is 0. The number of benzene rings is 2. The van der Waals surface area contributed by atoms with Crippen LogP contribution in [-0.2, 0) is 6.54 Å². The molecule has 0 fully saturated rings. The van der Waals surface area contributed by atoms with E-state index in [2.05, 4.69) is 50.2 Å². The van der Waals surface area contributed by atoms with Crippen LogP contribution in [0.2, 0.25) is 0 Å². The average Bonchev–Trinajstić information content (AvgIpc) is 2.40. The van der Waals surface area contributed by atoms with E-state index in [1.54, 1.807) is 6.07 Å². The minimum atomic E-state index is 0.253. The zero-order valence-corrected chi connectivity index (χ0v) is 13.7. The number of hydrogen-bond donors (Lipinski definition) is 2. The van der Waals surface area contributed by atoms with Crippen LogP contribution < -0.4 is 5.32 Å². The van der Waals surface area contributed by atoms with Gasteiger partial charge >= 0.3 is 0 Å². The highest BCUT2D eigenvalue weighted by Crippen LogP contribution is 2.25. The summed E-state index contributed by atoms with van der Waals surface area (Å²) >= 11 is 6.89. The quantitative estimate of drug-likeness (QED) is 0.795. The topological polar surface area (TPSA) is 32.3 Å². The lowest BCUT2D eigenvalue weighted by atomic mass is 10.1. The molecule has 4 heteroatoms. The van der Waals surface area contributed by atoms with Gasteiger partial charge in [-0.1, -0.05) is 40.2 Å². The summed E-state index contributed by atoms with van der Waals surface area (Å²) in [6, 6.07) is 14.0. The first-order chi connectivity index (χ1) is 9.08. The van der Waals surface area contributed by atoms with E-state index in [9.17, 15) is 5.11 Å². The third-order valence-corrected chi connectivity index (χ3v) is 4.35. The Morgan fingerprint density at radius 1 is 1.11 bits per heavy atom. The second kappa shape index (κ2) is 6.55. The Hall–Kier alpha value is -0.840. The molecule has 2 N–H and O–H groups in total. The van der Waals surface area contributed by atoms with E-state index in [0.29, 0.717) is 0 Å². The third kappa shape index (κ3) is 3.81. The van der Waals surface area contributed by atoms with Gasteiger partial charge in [0.1, 0.15) is 5.75 Å². The molecule has 0 amide bonds. The molecular weight excluding hydrogens is 370 g/mol. The summed E-state index contributed by atoms with van der Waals surface area (Å²) in [5, 5.41) is 12.9. The Morgan fingerprint density at radius 3 is 2.53 bits per heavy atom. The van der Waals surface area contributed by atoms with Gasteiger partial charge in [-0.05, 0) is 52.2 Å². The molecule has 0 aliphatic rings. The Balaban J connectivity index is 2.02. The first-order valence-electron chi connectivity index (χ1n) is 6.03. The number of phenolic OH excluding ortho intramolecular Hbond substituents is 1. The largest absolute Gasteiger partial charge is 0.507 e. The van der Waals surface area contributed by atoms with Gasteiger partial charge in [0.2, 0.25) is 0 Å². The third-order valence-electron chi connectivity index (χ3n) is 3.00. The molecule has 2 nitrogen and oxygen atoms in total. The molecule has 0 aromatic heterocycles. The Labute approximate surface area is 130 Å². The minimum absolute atomic E-state index is 0.253. The van der Waals surface area contributed by atoms with Crippen molar-refractivity contribution in [3.05, 3.63) is 62.5 Å². The molecule has 1 unspecified atom stereocenters. The van der Waals surface area contributed by atoms with Crippen molar-refractivity contribution in [2.24, 2.45) is 0 Å². The highest BCUT2D eigenvalue weighted by molar-refractivity contribution is 9.10. The molecule has 0 saturated heterocycles. The second-order valence-electron chi connectivity index (χ2n) is 4.41. The monoisotopic (exact) mass is 383 g/mol. The van der Waals surface area contributed by atoms with E-state index in [1.807, 2.05) is 30.3 Å². The van der Waals surface area contributed by atoms with Crippen LogP contribution in [0.5, 0.6) is 5.75 Å². The van der Waals surface area contributed by atoms with Gasteiger partial charge in [-0.3, -0.25) is 0 Å². The van der Waals surface area contributed by atoms with Crippen LogP contribution in [0.1, 0.15) is 24.1 Å². The van der Waals surface area contributed by atoms with Crippen LogP contribution in [0.3, 0.4) is 0 Å². The molecule has 2 aromatic carbocycles. The zero-order chi connectivity index (χ0) is 13.8. The summed E-state index contributed by atoms with van der Waals surface area (Å²) in [5.41, 5.74) is 2.36. The van der Waals surface area contributed by atoms with Crippen molar-refractivity contribution < 1.29 is 5.11 Å². The van der Waals surface area contributed by atoms with Crippen molar-refractivity contribution in [1.82, 2.24) is 5.32 Å². The molecule has 19 heavy (non-hydrogen) atoms. The number of hydrogen-bond acceptors (Lipinski definition) is 2. The number of phenols is 1. The molecule has 1 atom stereocenters. The molecule has 0 radical (unpaired) electrons. The molecule has 0 heterocycles. The molecular formula is C15H15Br2NO. The lowest BCUT2D eigenvalue weighted by Crippen LogP contribution is -2.18. The van der Waals surface area contributed by atoms with Gasteiger partial charge in [-0.15, -0.1) is 0 Å². The fourth-order valence-electron chi connectivity index (χ4n) is 1.87. The van der Waals surface area contributed by atoms with Crippen LogP contribution in [0.4, 0.5) is 0 Å². The van der Waals surface area contributed by atoms with E-state index in [1.165, 1.54) is 5.56 Å². The van der Waals surface area contributed by atoms with E-state index in [0.717, 1.165) is 21.1 Å². The lowest BCUT2D eigenvalue weighted by Gasteiger charge is -2.16. The summed E-state index contributed by atoms with van der Waals surface area (Å²) < 4.78 is 1.84. The van der Waals surface area contributed by atoms with Crippen LogP contribution in [0.15, 0.2) is 51.4 Å². The number of rotatable bonds is 4. The maximum Gasteiger partial charge on any atom is 0.129 e. The normalized spacial score (nSPS) is 12.4.